The van der Waals surface area contributed by atoms with Crippen molar-refractivity contribution in [2.24, 2.45) is 5.73 Å². The third-order valence-corrected chi connectivity index (χ3v) is 1.34. The monoisotopic (exact) mass is 140 g/mol. The summed E-state index contributed by atoms with van der Waals surface area (Å²) in [5.41, 5.74) is 5.55. The van der Waals surface area contributed by atoms with Gasteiger partial charge in [-0.1, -0.05) is 5.16 Å². The maximum atomic E-state index is 5.55. The number of hydrogen-bond donors (Lipinski definition) is 1. The van der Waals surface area contributed by atoms with Crippen LogP contribution < -0.4 is 5.73 Å². The van der Waals surface area contributed by atoms with Crippen molar-refractivity contribution < 1.29 is 4.52 Å². The zero-order valence-electron chi connectivity index (χ0n) is 6.08. The van der Waals surface area contributed by atoms with Crippen LogP contribution in [0.25, 0.3) is 0 Å². The molecule has 3 heteroatoms. The van der Waals surface area contributed by atoms with Gasteiger partial charge in [-0.15, -0.1) is 0 Å². The Balaban J connectivity index is 2.28. The summed E-state index contributed by atoms with van der Waals surface area (Å²) >= 11 is 0. The smallest absolute Gasteiger partial charge is 0.136 e. The van der Waals surface area contributed by atoms with Crippen LogP contribution in [0.3, 0.4) is 0 Å². The molecule has 10 heavy (non-hydrogen) atoms. The predicted molar refractivity (Wildman–Crippen MR) is 38.5 cm³/mol. The molecule has 1 rings (SSSR count). The molecule has 3 nitrogen and oxygen atoms in total. The Kier molecular flexibility index (Phi) is 2.45. The van der Waals surface area contributed by atoms with Crippen LogP contribution in [-0.2, 0) is 6.42 Å². The molecule has 2 N–H and O–H groups in total. The van der Waals surface area contributed by atoms with Crippen LogP contribution in [0.2, 0.25) is 0 Å². The minimum atomic E-state index is 0.241. The van der Waals surface area contributed by atoms with E-state index in [0.717, 1.165) is 18.6 Å². The second-order valence-corrected chi connectivity index (χ2v) is 2.49. The molecule has 0 aliphatic carbocycles. The van der Waals surface area contributed by atoms with Crippen LogP contribution in [0.15, 0.2) is 16.8 Å². The van der Waals surface area contributed by atoms with Crippen LogP contribution in [0.1, 0.15) is 19.1 Å². The molecule has 1 aromatic rings. The fourth-order valence-corrected chi connectivity index (χ4v) is 0.741. The minimum absolute atomic E-state index is 0.241. The number of nitrogens with zero attached hydrogens (tertiary/aromatic N) is 1. The number of aryl methyl sites for hydroxylation is 1. The first kappa shape index (κ1) is 7.28. The molecule has 0 aromatic carbocycles. The molecule has 0 aliphatic heterocycles. The van der Waals surface area contributed by atoms with E-state index in [4.69, 9.17) is 10.3 Å². The summed E-state index contributed by atoms with van der Waals surface area (Å²) in [5, 5.41) is 3.58. The predicted octanol–water partition coefficient (Wildman–Crippen LogP) is 0.954. The van der Waals surface area contributed by atoms with E-state index in [2.05, 4.69) is 5.16 Å². The Labute approximate surface area is 60.2 Å². The topological polar surface area (TPSA) is 52.0 Å². The summed E-state index contributed by atoms with van der Waals surface area (Å²) < 4.78 is 4.88. The van der Waals surface area contributed by atoms with E-state index in [1.165, 1.54) is 0 Å². The maximum absolute atomic E-state index is 5.55. The highest BCUT2D eigenvalue weighted by atomic mass is 16.5. The van der Waals surface area contributed by atoms with Crippen molar-refractivity contribution in [3.8, 4) is 0 Å². The first-order chi connectivity index (χ1) is 4.79. The van der Waals surface area contributed by atoms with Crippen molar-refractivity contribution in [1.82, 2.24) is 5.16 Å². The number of rotatable bonds is 3. The quantitative estimate of drug-likeness (QED) is 0.680. The zero-order chi connectivity index (χ0) is 7.40. The highest BCUT2D eigenvalue weighted by molar-refractivity contribution is 4.92. The molecule has 0 amide bonds. The number of hydrogen-bond acceptors (Lipinski definition) is 3. The van der Waals surface area contributed by atoms with E-state index < -0.39 is 0 Å². The summed E-state index contributed by atoms with van der Waals surface area (Å²) in [4.78, 5) is 0. The molecule has 1 unspecified atom stereocenters. The number of aromatic nitrogens is 1. The largest absolute Gasteiger partial charge is 0.361 e. The molecule has 56 valence electrons. The Bertz CT molecular complexity index is 170. The number of nitrogens with two attached hydrogens (primary N) is 1. The van der Waals surface area contributed by atoms with Crippen LogP contribution in [0, 0.1) is 0 Å². The Morgan fingerprint density at radius 1 is 1.80 bits per heavy atom. The third kappa shape index (κ3) is 2.19. The van der Waals surface area contributed by atoms with Gasteiger partial charge in [0.2, 0.25) is 0 Å². The van der Waals surface area contributed by atoms with E-state index in [1.54, 1.807) is 6.20 Å². The van der Waals surface area contributed by atoms with Gasteiger partial charge in [-0.3, -0.25) is 0 Å². The molecule has 1 atom stereocenters. The third-order valence-electron chi connectivity index (χ3n) is 1.34. The molecular weight excluding hydrogens is 128 g/mol. The first-order valence-electron chi connectivity index (χ1n) is 3.44. The van der Waals surface area contributed by atoms with Gasteiger partial charge in [-0.2, -0.15) is 0 Å². The van der Waals surface area contributed by atoms with E-state index in [-0.39, 0.29) is 6.04 Å². The van der Waals surface area contributed by atoms with Crippen molar-refractivity contribution in [3.63, 3.8) is 0 Å². The average molecular weight is 140 g/mol. The van der Waals surface area contributed by atoms with Gasteiger partial charge in [0.25, 0.3) is 0 Å². The van der Waals surface area contributed by atoms with E-state index in [0.29, 0.717) is 0 Å². The second-order valence-electron chi connectivity index (χ2n) is 2.49. The molecule has 1 aromatic heterocycles. The average Bonchev–Trinajstić information content (AvgIpc) is 2.34. The lowest BCUT2D eigenvalue weighted by molar-refractivity contribution is 0.377. The Morgan fingerprint density at radius 3 is 3.10 bits per heavy atom. The minimum Gasteiger partial charge on any atom is -0.361 e. The molecule has 0 bridgehead atoms. The lowest BCUT2D eigenvalue weighted by Gasteiger charge is -1.99. The van der Waals surface area contributed by atoms with Crippen molar-refractivity contribution >= 4 is 0 Å². The van der Waals surface area contributed by atoms with Crippen molar-refractivity contribution in [1.29, 1.82) is 0 Å². The summed E-state index contributed by atoms with van der Waals surface area (Å²) in [7, 11) is 0. The van der Waals surface area contributed by atoms with Gasteiger partial charge in [-0.25, -0.2) is 0 Å². The van der Waals surface area contributed by atoms with Gasteiger partial charge >= 0.3 is 0 Å². The summed E-state index contributed by atoms with van der Waals surface area (Å²) in [6.07, 6.45) is 3.49. The first-order valence-corrected chi connectivity index (χ1v) is 3.44. The van der Waals surface area contributed by atoms with Crippen LogP contribution in [0.5, 0.6) is 0 Å². The molecule has 0 saturated carbocycles. The van der Waals surface area contributed by atoms with Crippen LogP contribution in [-0.4, -0.2) is 11.2 Å². The van der Waals surface area contributed by atoms with Crippen molar-refractivity contribution in [2.75, 3.05) is 0 Å². The van der Waals surface area contributed by atoms with Gasteiger partial charge in [0.1, 0.15) is 5.76 Å². The van der Waals surface area contributed by atoms with Crippen LogP contribution >= 0.6 is 0 Å². The van der Waals surface area contributed by atoms with E-state index >= 15 is 0 Å². The SMILES string of the molecule is CC(N)CCc1ccno1. The van der Waals surface area contributed by atoms with E-state index in [9.17, 15) is 0 Å². The highest BCUT2D eigenvalue weighted by Gasteiger charge is 1.98. The van der Waals surface area contributed by atoms with Crippen molar-refractivity contribution in [2.45, 2.75) is 25.8 Å². The molecule has 0 saturated heterocycles. The van der Waals surface area contributed by atoms with Gasteiger partial charge in [0, 0.05) is 18.5 Å². The van der Waals surface area contributed by atoms with Gasteiger partial charge in [0.15, 0.2) is 0 Å². The summed E-state index contributed by atoms with van der Waals surface area (Å²) in [5.74, 6) is 0.914. The summed E-state index contributed by atoms with van der Waals surface area (Å²) in [6, 6.07) is 2.10. The van der Waals surface area contributed by atoms with Gasteiger partial charge in [-0.05, 0) is 13.3 Å². The normalized spacial score (nSPS) is 13.4. The molecular formula is C7H12N2O. The lowest BCUT2D eigenvalue weighted by atomic mass is 10.2. The Hall–Kier alpha value is -0.830. The Morgan fingerprint density at radius 2 is 2.60 bits per heavy atom. The molecule has 1 heterocycles. The fraction of sp³-hybridized carbons (Fsp3) is 0.571. The lowest BCUT2D eigenvalue weighted by Crippen LogP contribution is -2.15. The highest BCUT2D eigenvalue weighted by Crippen LogP contribution is 2.01. The molecule has 0 aliphatic rings. The van der Waals surface area contributed by atoms with Crippen LogP contribution in [0.4, 0.5) is 0 Å². The van der Waals surface area contributed by atoms with Crippen molar-refractivity contribution in [3.05, 3.63) is 18.0 Å². The second kappa shape index (κ2) is 3.37. The summed E-state index contributed by atoms with van der Waals surface area (Å²) in [6.45, 7) is 1.98. The molecule has 0 fully saturated rings. The standard InChI is InChI=1S/C7H12N2O/c1-6(8)2-3-7-4-5-9-10-7/h4-6H,2-3,8H2,1H3. The van der Waals surface area contributed by atoms with Gasteiger partial charge in [0.05, 0.1) is 6.20 Å². The zero-order valence-corrected chi connectivity index (χ0v) is 6.08. The van der Waals surface area contributed by atoms with Gasteiger partial charge < -0.3 is 10.3 Å². The fourth-order valence-electron chi connectivity index (χ4n) is 0.741. The van der Waals surface area contributed by atoms with E-state index in [1.807, 2.05) is 13.0 Å². The maximum Gasteiger partial charge on any atom is 0.136 e. The molecule has 0 radical (unpaired) electrons. The molecule has 0 spiro atoms.